The molecule has 0 atom stereocenters. The molecular weight excluding hydrogens is 310 g/mol. The van der Waals surface area contributed by atoms with Crippen LogP contribution in [0.15, 0.2) is 54.7 Å². The first kappa shape index (κ1) is 17.1. The largest absolute Gasteiger partial charge is 0.445 e. The third-order valence-electron chi connectivity index (χ3n) is 3.06. The van der Waals surface area contributed by atoms with Crippen LogP contribution in [0, 0.1) is 10.1 Å². The second kappa shape index (κ2) is 9.04. The first-order valence-electron chi connectivity index (χ1n) is 7.36. The second-order valence-corrected chi connectivity index (χ2v) is 4.89. The van der Waals surface area contributed by atoms with Gasteiger partial charge < -0.3 is 20.2 Å². The number of carbonyl (C=O) groups excluding carboxylic acids is 1. The minimum Gasteiger partial charge on any atom is -0.445 e. The van der Waals surface area contributed by atoms with Crippen LogP contribution in [0.25, 0.3) is 6.08 Å². The lowest BCUT2D eigenvalue weighted by molar-refractivity contribution is -0.389. The Bertz CT molecular complexity index is 700. The smallest absolute Gasteiger partial charge is 0.407 e. The average molecular weight is 327 g/mol. The summed E-state index contributed by atoms with van der Waals surface area (Å²) in [6, 6.07) is 12.4. The number of hydrogen-bond acceptors (Lipinski definition) is 5. The molecule has 7 nitrogen and oxygen atoms in total. The number of benzene rings is 1. The molecule has 24 heavy (non-hydrogen) atoms. The summed E-state index contributed by atoms with van der Waals surface area (Å²) in [6.07, 6.45) is 5.20. The molecule has 1 aromatic heterocycles. The Kier molecular flexibility index (Phi) is 6.46. The van der Waals surface area contributed by atoms with E-state index in [1.54, 1.807) is 12.1 Å². The zero-order valence-corrected chi connectivity index (χ0v) is 12.9. The van der Waals surface area contributed by atoms with E-state index in [1.165, 1.54) is 12.3 Å². The van der Waals surface area contributed by atoms with Gasteiger partial charge in [-0.15, -0.1) is 0 Å². The molecule has 7 heteroatoms. The van der Waals surface area contributed by atoms with Gasteiger partial charge in [0.2, 0.25) is 0 Å². The lowest BCUT2D eigenvalue weighted by Crippen LogP contribution is -2.24. The highest BCUT2D eigenvalue weighted by Crippen LogP contribution is 2.08. The van der Waals surface area contributed by atoms with E-state index in [-0.39, 0.29) is 12.4 Å². The maximum absolute atomic E-state index is 11.5. The molecule has 0 fully saturated rings. The van der Waals surface area contributed by atoms with Crippen LogP contribution in [0.1, 0.15) is 17.5 Å². The molecule has 0 unspecified atom stereocenters. The summed E-state index contributed by atoms with van der Waals surface area (Å²) in [5.41, 5.74) is 1.69. The summed E-state index contributed by atoms with van der Waals surface area (Å²) in [6.45, 7) is 0.668. The molecule has 1 N–H and O–H groups in total. The number of ether oxygens (including phenoxy) is 1. The van der Waals surface area contributed by atoms with Gasteiger partial charge in [0.15, 0.2) is 0 Å². The summed E-state index contributed by atoms with van der Waals surface area (Å²) in [5.74, 6) is -0.185. The summed E-state index contributed by atoms with van der Waals surface area (Å²) in [4.78, 5) is 25.2. The summed E-state index contributed by atoms with van der Waals surface area (Å²) in [7, 11) is 0. The first-order chi connectivity index (χ1) is 11.6. The SMILES string of the molecule is O=C(NCCC=Cc1ccc([N+](=O)[O-])nc1)OCc1ccccc1. The van der Waals surface area contributed by atoms with Gasteiger partial charge in [0, 0.05) is 18.2 Å². The number of amides is 1. The summed E-state index contributed by atoms with van der Waals surface area (Å²) in [5, 5.41) is 13.1. The Morgan fingerprint density at radius 3 is 2.71 bits per heavy atom. The van der Waals surface area contributed by atoms with Gasteiger partial charge in [-0.3, -0.25) is 0 Å². The molecule has 1 aromatic carbocycles. The van der Waals surface area contributed by atoms with E-state index in [0.29, 0.717) is 13.0 Å². The highest BCUT2D eigenvalue weighted by molar-refractivity contribution is 5.67. The van der Waals surface area contributed by atoms with Crippen LogP contribution in [0.2, 0.25) is 0 Å². The van der Waals surface area contributed by atoms with Crippen molar-refractivity contribution in [3.63, 3.8) is 0 Å². The third kappa shape index (κ3) is 5.88. The Balaban J connectivity index is 1.65. The van der Waals surface area contributed by atoms with Crippen molar-refractivity contribution in [1.29, 1.82) is 0 Å². The van der Waals surface area contributed by atoms with E-state index in [1.807, 2.05) is 36.4 Å². The summed E-state index contributed by atoms with van der Waals surface area (Å²) < 4.78 is 5.08. The fourth-order valence-corrected chi connectivity index (χ4v) is 1.86. The molecule has 0 saturated heterocycles. The fraction of sp³-hybridized carbons (Fsp3) is 0.176. The van der Waals surface area contributed by atoms with E-state index in [0.717, 1.165) is 11.1 Å². The Hall–Kier alpha value is -3.22. The van der Waals surface area contributed by atoms with Crippen molar-refractivity contribution >= 4 is 18.0 Å². The van der Waals surface area contributed by atoms with E-state index in [9.17, 15) is 14.9 Å². The highest BCUT2D eigenvalue weighted by atomic mass is 16.6. The Morgan fingerprint density at radius 1 is 1.25 bits per heavy atom. The lowest BCUT2D eigenvalue weighted by Gasteiger charge is -2.05. The van der Waals surface area contributed by atoms with E-state index < -0.39 is 11.0 Å². The van der Waals surface area contributed by atoms with Crippen molar-refractivity contribution in [2.75, 3.05) is 6.54 Å². The molecule has 0 spiro atoms. The van der Waals surface area contributed by atoms with Crippen LogP contribution in [-0.2, 0) is 11.3 Å². The molecule has 0 radical (unpaired) electrons. The first-order valence-corrected chi connectivity index (χ1v) is 7.36. The monoisotopic (exact) mass is 327 g/mol. The number of nitrogens with one attached hydrogen (secondary N) is 1. The maximum Gasteiger partial charge on any atom is 0.407 e. The van der Waals surface area contributed by atoms with Gasteiger partial charge in [0.25, 0.3) is 0 Å². The van der Waals surface area contributed by atoms with Gasteiger partial charge in [-0.05, 0) is 28.0 Å². The number of aromatic nitrogens is 1. The van der Waals surface area contributed by atoms with Crippen LogP contribution in [-0.4, -0.2) is 22.5 Å². The summed E-state index contributed by atoms with van der Waals surface area (Å²) >= 11 is 0. The molecule has 0 saturated carbocycles. The minimum absolute atomic E-state index is 0.185. The van der Waals surface area contributed by atoms with Gasteiger partial charge in [-0.25, -0.2) is 4.79 Å². The topological polar surface area (TPSA) is 94.4 Å². The molecule has 1 heterocycles. The number of nitrogens with zero attached hydrogens (tertiary/aromatic N) is 2. The van der Waals surface area contributed by atoms with Crippen molar-refractivity contribution < 1.29 is 14.5 Å². The molecule has 1 amide bonds. The number of rotatable bonds is 7. The number of alkyl carbamates (subject to hydrolysis) is 1. The lowest BCUT2D eigenvalue weighted by atomic mass is 10.2. The van der Waals surface area contributed by atoms with Crippen LogP contribution >= 0.6 is 0 Å². The maximum atomic E-state index is 11.5. The minimum atomic E-state index is -0.543. The average Bonchev–Trinajstić information content (AvgIpc) is 2.61. The number of nitro groups is 1. The van der Waals surface area contributed by atoms with Gasteiger partial charge >= 0.3 is 11.9 Å². The zero-order valence-electron chi connectivity index (χ0n) is 12.9. The number of pyridine rings is 1. The number of hydrogen-bond donors (Lipinski definition) is 1. The number of carbonyl (C=O) groups is 1. The Labute approximate surface area is 139 Å². The predicted molar refractivity (Wildman–Crippen MR) is 89.2 cm³/mol. The standard InChI is InChI=1S/C17H17N3O4/c21-17(24-13-15-7-2-1-3-8-15)18-11-5-4-6-14-9-10-16(19-12-14)20(22)23/h1-4,6-10,12H,5,11,13H2,(H,18,21). The van der Waals surface area contributed by atoms with E-state index >= 15 is 0 Å². The highest BCUT2D eigenvalue weighted by Gasteiger charge is 2.04. The van der Waals surface area contributed by atoms with E-state index in [2.05, 4.69) is 10.3 Å². The molecule has 0 bridgehead atoms. The molecule has 2 rings (SSSR count). The van der Waals surface area contributed by atoms with Gasteiger partial charge in [-0.1, -0.05) is 42.5 Å². The van der Waals surface area contributed by atoms with Gasteiger partial charge in [0.1, 0.15) is 12.8 Å². The molecule has 0 aliphatic rings. The fourth-order valence-electron chi connectivity index (χ4n) is 1.86. The zero-order chi connectivity index (χ0) is 17.2. The van der Waals surface area contributed by atoms with Crippen molar-refractivity contribution in [1.82, 2.24) is 10.3 Å². The van der Waals surface area contributed by atoms with Crippen LogP contribution in [0.5, 0.6) is 0 Å². The predicted octanol–water partition coefficient (Wildman–Crippen LogP) is 3.32. The van der Waals surface area contributed by atoms with Crippen molar-refractivity contribution in [3.05, 3.63) is 76.0 Å². The quantitative estimate of drug-likeness (QED) is 0.478. The molecule has 2 aromatic rings. The van der Waals surface area contributed by atoms with Gasteiger partial charge in [-0.2, -0.15) is 0 Å². The molecule has 124 valence electrons. The normalized spacial score (nSPS) is 10.5. The molecular formula is C17H17N3O4. The van der Waals surface area contributed by atoms with Crippen LogP contribution in [0.4, 0.5) is 10.6 Å². The van der Waals surface area contributed by atoms with Crippen molar-refractivity contribution in [3.8, 4) is 0 Å². The van der Waals surface area contributed by atoms with Crippen LogP contribution in [0.3, 0.4) is 0 Å². The molecule has 0 aliphatic heterocycles. The second-order valence-electron chi connectivity index (χ2n) is 4.89. The Morgan fingerprint density at radius 2 is 2.04 bits per heavy atom. The van der Waals surface area contributed by atoms with Crippen molar-refractivity contribution in [2.24, 2.45) is 0 Å². The van der Waals surface area contributed by atoms with E-state index in [4.69, 9.17) is 4.74 Å². The van der Waals surface area contributed by atoms with Crippen LogP contribution < -0.4 is 5.32 Å². The third-order valence-corrected chi connectivity index (χ3v) is 3.06. The van der Waals surface area contributed by atoms with Gasteiger partial charge in [0.05, 0.1) is 0 Å². The van der Waals surface area contributed by atoms with Crippen molar-refractivity contribution in [2.45, 2.75) is 13.0 Å². The molecule has 0 aliphatic carbocycles.